The zero-order chi connectivity index (χ0) is 22.8. The number of hydrogen-bond acceptors (Lipinski definition) is 4. The topological polar surface area (TPSA) is 66.9 Å². The molecule has 0 aliphatic carbocycles. The molecule has 1 aliphatic heterocycles. The molecule has 1 aliphatic rings. The molecule has 0 aromatic heterocycles. The number of nitrogens with zero attached hydrogens (tertiary/aromatic N) is 2. The third-order valence-electron chi connectivity index (χ3n) is 5.03. The third kappa shape index (κ3) is 5.37. The Morgan fingerprint density at radius 3 is 2.23 bits per heavy atom. The predicted octanol–water partition coefficient (Wildman–Crippen LogP) is 3.31. The Kier molecular flexibility index (Phi) is 6.61. The van der Waals surface area contributed by atoms with Gasteiger partial charge in [0.1, 0.15) is 5.75 Å². The van der Waals surface area contributed by atoms with Gasteiger partial charge in [-0.2, -0.15) is 17.5 Å². The summed E-state index contributed by atoms with van der Waals surface area (Å²) in [5.74, 6) is 0.272. The molecule has 1 saturated heterocycles. The lowest BCUT2D eigenvalue weighted by molar-refractivity contribution is -0.139. The lowest BCUT2D eigenvalue weighted by Crippen LogP contribution is -2.53. The van der Waals surface area contributed by atoms with Gasteiger partial charge < -0.3 is 9.64 Å². The van der Waals surface area contributed by atoms with Gasteiger partial charge >= 0.3 is 6.18 Å². The van der Waals surface area contributed by atoms with Gasteiger partial charge in [0.25, 0.3) is 5.91 Å². The van der Waals surface area contributed by atoms with Crippen LogP contribution in [0.2, 0.25) is 0 Å². The quantitative estimate of drug-likeness (QED) is 0.693. The van der Waals surface area contributed by atoms with Gasteiger partial charge in [-0.05, 0) is 44.2 Å². The van der Waals surface area contributed by atoms with E-state index in [0.29, 0.717) is 11.8 Å². The summed E-state index contributed by atoms with van der Waals surface area (Å²) in [6, 6.07) is 10.9. The first kappa shape index (κ1) is 23.1. The lowest BCUT2D eigenvalue weighted by atomic mass is 10.2. The van der Waals surface area contributed by atoms with Crippen LogP contribution in [-0.4, -0.2) is 55.8 Å². The zero-order valence-corrected chi connectivity index (χ0v) is 17.9. The molecule has 31 heavy (non-hydrogen) atoms. The monoisotopic (exact) mass is 456 g/mol. The summed E-state index contributed by atoms with van der Waals surface area (Å²) in [6.45, 7) is 3.78. The van der Waals surface area contributed by atoms with Gasteiger partial charge in [0.2, 0.25) is 10.0 Å². The van der Waals surface area contributed by atoms with Gasteiger partial charge in [-0.3, -0.25) is 4.79 Å². The second kappa shape index (κ2) is 8.88. The van der Waals surface area contributed by atoms with Crippen LogP contribution in [0.4, 0.5) is 13.2 Å². The molecule has 10 heteroatoms. The molecule has 0 saturated carbocycles. The fourth-order valence-electron chi connectivity index (χ4n) is 3.26. The van der Waals surface area contributed by atoms with Crippen molar-refractivity contribution in [3.63, 3.8) is 0 Å². The van der Waals surface area contributed by atoms with Crippen LogP contribution < -0.4 is 4.74 Å². The van der Waals surface area contributed by atoms with Crippen molar-refractivity contribution < 1.29 is 31.1 Å². The highest BCUT2D eigenvalue weighted by atomic mass is 32.2. The summed E-state index contributed by atoms with van der Waals surface area (Å²) in [5, 5.41) is 0. The molecule has 1 atom stereocenters. The number of ether oxygens (including phenoxy) is 1. The molecule has 1 fully saturated rings. The van der Waals surface area contributed by atoms with Crippen LogP contribution >= 0.6 is 0 Å². The van der Waals surface area contributed by atoms with E-state index in [0.717, 1.165) is 28.1 Å². The van der Waals surface area contributed by atoms with Crippen LogP contribution in [0.15, 0.2) is 53.4 Å². The SMILES string of the molecule is Cc1ccc(O[C@H](C)C(=O)N2CCN(S(=O)(=O)c3cccc(C(F)(F)F)c3)CC2)cc1. The smallest absolute Gasteiger partial charge is 0.416 e. The highest BCUT2D eigenvalue weighted by Crippen LogP contribution is 2.31. The number of alkyl halides is 3. The standard InChI is InChI=1S/C21H23F3N2O4S/c1-15-6-8-18(9-7-15)30-16(2)20(27)25-10-12-26(13-11-25)31(28,29)19-5-3-4-17(14-19)21(22,23)24/h3-9,14,16H,10-13H2,1-2H3/t16-/m1/s1. The van der Waals surface area contributed by atoms with E-state index in [2.05, 4.69) is 0 Å². The summed E-state index contributed by atoms with van der Waals surface area (Å²) < 4.78 is 71.1. The van der Waals surface area contributed by atoms with Crippen LogP contribution in [0.5, 0.6) is 5.75 Å². The Hall–Kier alpha value is -2.59. The number of amides is 1. The third-order valence-corrected chi connectivity index (χ3v) is 6.93. The van der Waals surface area contributed by atoms with Gasteiger partial charge in [-0.15, -0.1) is 0 Å². The van der Waals surface area contributed by atoms with Crippen LogP contribution in [0.3, 0.4) is 0 Å². The minimum absolute atomic E-state index is 0.0123. The minimum atomic E-state index is -4.63. The number of sulfonamides is 1. The van der Waals surface area contributed by atoms with Gasteiger partial charge in [-0.1, -0.05) is 23.8 Å². The number of benzene rings is 2. The van der Waals surface area contributed by atoms with E-state index in [-0.39, 0.29) is 32.1 Å². The van der Waals surface area contributed by atoms with Gasteiger partial charge in [0, 0.05) is 26.2 Å². The molecule has 0 spiro atoms. The van der Waals surface area contributed by atoms with Crippen molar-refractivity contribution >= 4 is 15.9 Å². The largest absolute Gasteiger partial charge is 0.481 e. The predicted molar refractivity (Wildman–Crippen MR) is 108 cm³/mol. The molecule has 0 unspecified atom stereocenters. The number of piperazine rings is 1. The van der Waals surface area contributed by atoms with Gasteiger partial charge in [-0.25, -0.2) is 8.42 Å². The molecule has 0 bridgehead atoms. The molecule has 2 aromatic rings. The highest BCUT2D eigenvalue weighted by molar-refractivity contribution is 7.89. The Bertz CT molecular complexity index is 1030. The van der Waals surface area contributed by atoms with Crippen LogP contribution in [0, 0.1) is 6.92 Å². The van der Waals surface area contributed by atoms with E-state index in [1.807, 2.05) is 19.1 Å². The maximum atomic E-state index is 12.9. The van der Waals surface area contributed by atoms with Crippen LogP contribution in [0.25, 0.3) is 0 Å². The normalized spacial score (nSPS) is 16.7. The average Bonchev–Trinajstić information content (AvgIpc) is 2.74. The number of hydrogen-bond donors (Lipinski definition) is 0. The van der Waals surface area contributed by atoms with Crippen LogP contribution in [-0.2, 0) is 21.0 Å². The Morgan fingerprint density at radius 2 is 1.65 bits per heavy atom. The van der Waals surface area contributed by atoms with Crippen molar-refractivity contribution in [1.29, 1.82) is 0 Å². The second-order valence-corrected chi connectivity index (χ2v) is 9.27. The maximum Gasteiger partial charge on any atom is 0.416 e. The summed E-state index contributed by atoms with van der Waals surface area (Å²) in [6.07, 6.45) is -5.39. The minimum Gasteiger partial charge on any atom is -0.481 e. The van der Waals surface area contributed by atoms with Gasteiger partial charge in [0.05, 0.1) is 10.5 Å². The van der Waals surface area contributed by atoms with Crippen LogP contribution in [0.1, 0.15) is 18.1 Å². The molecular formula is C21H23F3N2O4S. The lowest BCUT2D eigenvalue weighted by Gasteiger charge is -2.35. The number of aryl methyl sites for hydroxylation is 1. The number of rotatable bonds is 5. The molecule has 1 amide bonds. The molecule has 1 heterocycles. The van der Waals surface area contributed by atoms with E-state index < -0.39 is 32.8 Å². The van der Waals surface area contributed by atoms with Crippen molar-refractivity contribution in [3.05, 3.63) is 59.7 Å². The highest BCUT2D eigenvalue weighted by Gasteiger charge is 2.35. The van der Waals surface area contributed by atoms with E-state index >= 15 is 0 Å². The Labute approximate surface area is 179 Å². The molecule has 6 nitrogen and oxygen atoms in total. The summed E-state index contributed by atoms with van der Waals surface area (Å²) in [7, 11) is -4.10. The number of halogens is 3. The summed E-state index contributed by atoms with van der Waals surface area (Å²) >= 11 is 0. The summed E-state index contributed by atoms with van der Waals surface area (Å²) in [5.41, 5.74) is 0.0360. The fraction of sp³-hybridized carbons (Fsp3) is 0.381. The average molecular weight is 456 g/mol. The van der Waals surface area contributed by atoms with Crippen molar-refractivity contribution in [1.82, 2.24) is 9.21 Å². The van der Waals surface area contributed by atoms with Crippen molar-refractivity contribution in [2.24, 2.45) is 0 Å². The fourth-order valence-corrected chi connectivity index (χ4v) is 4.73. The van der Waals surface area contributed by atoms with Crippen molar-refractivity contribution in [3.8, 4) is 5.75 Å². The van der Waals surface area contributed by atoms with E-state index in [9.17, 15) is 26.4 Å². The molecule has 2 aromatic carbocycles. The number of carbonyl (C=O) groups excluding carboxylic acids is 1. The maximum absolute atomic E-state index is 12.9. The van der Waals surface area contributed by atoms with E-state index in [1.165, 1.54) is 4.90 Å². The molecule has 3 rings (SSSR count). The molecule has 168 valence electrons. The van der Waals surface area contributed by atoms with Crippen molar-refractivity contribution in [2.75, 3.05) is 26.2 Å². The van der Waals surface area contributed by atoms with Crippen molar-refractivity contribution in [2.45, 2.75) is 31.0 Å². The first-order chi connectivity index (χ1) is 14.5. The van der Waals surface area contributed by atoms with Gasteiger partial charge in [0.15, 0.2) is 6.10 Å². The van der Waals surface area contributed by atoms with E-state index in [4.69, 9.17) is 4.74 Å². The first-order valence-corrected chi connectivity index (χ1v) is 11.1. The van der Waals surface area contributed by atoms with E-state index in [1.54, 1.807) is 19.1 Å². The zero-order valence-electron chi connectivity index (χ0n) is 17.1. The Balaban J connectivity index is 1.63. The molecule has 0 N–H and O–H groups in total. The second-order valence-electron chi connectivity index (χ2n) is 7.33. The molecule has 0 radical (unpaired) electrons. The summed E-state index contributed by atoms with van der Waals surface area (Å²) in [4.78, 5) is 13.7. The first-order valence-electron chi connectivity index (χ1n) is 9.68. The molecular weight excluding hydrogens is 433 g/mol. The Morgan fingerprint density at radius 1 is 1.03 bits per heavy atom. The number of carbonyl (C=O) groups is 1.